The van der Waals surface area contributed by atoms with Crippen LogP contribution in [0.4, 0.5) is 5.95 Å². The Morgan fingerprint density at radius 3 is 2.74 bits per heavy atom. The molecule has 2 aromatic carbocycles. The van der Waals surface area contributed by atoms with E-state index in [1.165, 1.54) is 23.5 Å². The molecule has 0 unspecified atom stereocenters. The molecule has 0 aliphatic heterocycles. The fraction of sp³-hybridized carbons (Fsp3) is 0.231. The van der Waals surface area contributed by atoms with Gasteiger partial charge in [0.15, 0.2) is 5.65 Å². The first-order valence-electron chi connectivity index (χ1n) is 11.3. The predicted octanol–water partition coefficient (Wildman–Crippen LogP) is 2.48. The molecule has 178 valence electrons. The normalized spacial score (nSPS) is 12.5. The lowest BCUT2D eigenvalue weighted by Crippen LogP contribution is -2.24. The molecular weight excluding hydrogens is 446 g/mol. The van der Waals surface area contributed by atoms with Gasteiger partial charge >= 0.3 is 0 Å². The van der Waals surface area contributed by atoms with E-state index in [1.807, 2.05) is 18.2 Å². The summed E-state index contributed by atoms with van der Waals surface area (Å²) < 4.78 is 7.02. The quantitative estimate of drug-likeness (QED) is 0.377. The molecular formula is C26H25N5O4. The molecule has 0 fully saturated rings. The number of hydrogen-bond acceptors (Lipinski definition) is 7. The number of nitrogens with one attached hydrogen (secondary N) is 1. The molecule has 0 saturated heterocycles. The van der Waals surface area contributed by atoms with Gasteiger partial charge in [-0.2, -0.15) is 4.98 Å². The molecule has 9 nitrogen and oxygen atoms in total. The fourth-order valence-electron chi connectivity index (χ4n) is 4.50. The van der Waals surface area contributed by atoms with Gasteiger partial charge in [0.25, 0.3) is 5.91 Å². The van der Waals surface area contributed by atoms with Crippen molar-refractivity contribution in [2.75, 3.05) is 12.4 Å². The molecule has 4 aromatic rings. The Morgan fingerprint density at radius 1 is 1.17 bits per heavy atom. The van der Waals surface area contributed by atoms with Crippen LogP contribution in [0.5, 0.6) is 5.75 Å². The predicted molar refractivity (Wildman–Crippen MR) is 132 cm³/mol. The van der Waals surface area contributed by atoms with E-state index < -0.39 is 11.3 Å². The fourth-order valence-corrected chi connectivity index (χ4v) is 4.50. The number of aromatic nitrogens is 3. The number of aliphatic hydroxyl groups excluding tert-OH is 1. The highest BCUT2D eigenvalue weighted by atomic mass is 16.5. The van der Waals surface area contributed by atoms with Crippen LogP contribution in [0.3, 0.4) is 0 Å². The lowest BCUT2D eigenvalue weighted by molar-refractivity contribution is 0.0999. The second-order valence-corrected chi connectivity index (χ2v) is 8.54. The summed E-state index contributed by atoms with van der Waals surface area (Å²) in [5, 5.41) is 12.9. The SMILES string of the molecule is COc1cc(CO)cc(CNc2ncc3c(=O)c(C(N)=O)cn(-c4ccc5c(c4)CCC5)c3n2)c1. The van der Waals surface area contributed by atoms with Gasteiger partial charge in [-0.05, 0) is 65.8 Å². The van der Waals surface area contributed by atoms with Crippen LogP contribution < -0.4 is 21.2 Å². The second-order valence-electron chi connectivity index (χ2n) is 8.54. The number of fused-ring (bicyclic) bond motifs is 2. The van der Waals surface area contributed by atoms with Gasteiger partial charge in [0.1, 0.15) is 11.3 Å². The zero-order valence-electron chi connectivity index (χ0n) is 19.2. The summed E-state index contributed by atoms with van der Waals surface area (Å²) in [6, 6.07) is 11.6. The Balaban J connectivity index is 1.57. The third kappa shape index (κ3) is 4.33. The van der Waals surface area contributed by atoms with E-state index in [0.717, 1.165) is 36.1 Å². The van der Waals surface area contributed by atoms with Crippen molar-refractivity contribution in [3.63, 3.8) is 0 Å². The molecule has 1 aliphatic rings. The molecule has 1 amide bonds. The number of anilines is 1. The molecule has 9 heteroatoms. The van der Waals surface area contributed by atoms with Crippen LogP contribution in [0.15, 0.2) is 53.6 Å². The maximum Gasteiger partial charge on any atom is 0.254 e. The minimum Gasteiger partial charge on any atom is -0.497 e. The number of nitrogens with two attached hydrogens (primary N) is 1. The summed E-state index contributed by atoms with van der Waals surface area (Å²) in [6.45, 7) is 0.268. The van der Waals surface area contributed by atoms with E-state index in [0.29, 0.717) is 23.9 Å². The number of rotatable bonds is 7. The maximum absolute atomic E-state index is 12.9. The minimum atomic E-state index is -0.799. The third-order valence-electron chi connectivity index (χ3n) is 6.26. The Bertz CT molecular complexity index is 1490. The van der Waals surface area contributed by atoms with Crippen molar-refractivity contribution >= 4 is 22.9 Å². The van der Waals surface area contributed by atoms with Gasteiger partial charge < -0.3 is 25.5 Å². The van der Waals surface area contributed by atoms with Crippen molar-refractivity contribution in [2.24, 2.45) is 5.73 Å². The Hall–Kier alpha value is -4.24. The highest BCUT2D eigenvalue weighted by Gasteiger charge is 2.18. The molecule has 0 spiro atoms. The number of aryl methyl sites for hydroxylation is 2. The lowest BCUT2D eigenvalue weighted by atomic mass is 10.1. The first-order valence-corrected chi connectivity index (χ1v) is 11.3. The number of benzene rings is 2. The number of nitrogens with zero attached hydrogens (tertiary/aromatic N) is 3. The highest BCUT2D eigenvalue weighted by Crippen LogP contribution is 2.26. The second kappa shape index (κ2) is 9.19. The molecule has 5 rings (SSSR count). The molecule has 4 N–H and O–H groups in total. The van der Waals surface area contributed by atoms with Crippen molar-refractivity contribution in [2.45, 2.75) is 32.4 Å². The highest BCUT2D eigenvalue weighted by molar-refractivity contribution is 5.96. The van der Waals surface area contributed by atoms with Crippen LogP contribution in [0.25, 0.3) is 16.7 Å². The van der Waals surface area contributed by atoms with E-state index in [2.05, 4.69) is 27.4 Å². The zero-order chi connectivity index (χ0) is 24.5. The van der Waals surface area contributed by atoms with E-state index in [9.17, 15) is 14.7 Å². The van der Waals surface area contributed by atoms with Crippen molar-refractivity contribution < 1.29 is 14.6 Å². The largest absolute Gasteiger partial charge is 0.497 e. The number of pyridine rings is 1. The number of hydrogen-bond donors (Lipinski definition) is 3. The van der Waals surface area contributed by atoms with E-state index in [1.54, 1.807) is 17.7 Å². The van der Waals surface area contributed by atoms with Crippen LogP contribution >= 0.6 is 0 Å². The van der Waals surface area contributed by atoms with Crippen molar-refractivity contribution in [3.8, 4) is 11.4 Å². The lowest BCUT2D eigenvalue weighted by Gasteiger charge is -2.14. The Labute approximate surface area is 201 Å². The van der Waals surface area contributed by atoms with Gasteiger partial charge in [-0.15, -0.1) is 0 Å². The summed E-state index contributed by atoms with van der Waals surface area (Å²) in [4.78, 5) is 33.8. The van der Waals surface area contributed by atoms with Crippen LogP contribution in [-0.2, 0) is 26.0 Å². The Morgan fingerprint density at radius 2 is 1.97 bits per heavy atom. The number of aliphatic hydroxyl groups is 1. The van der Waals surface area contributed by atoms with E-state index in [-0.39, 0.29) is 17.6 Å². The topological polar surface area (TPSA) is 132 Å². The number of carbonyl (C=O) groups excluding carboxylic acids is 1. The Kier molecular flexibility index (Phi) is 5.92. The van der Waals surface area contributed by atoms with Crippen LogP contribution in [-0.4, -0.2) is 32.7 Å². The standard InChI is InChI=1S/C26H25N5O4/c1-35-20-8-15(7-16(9-20)14-32)11-28-26-29-12-21-23(33)22(24(27)34)13-31(25(21)30-26)19-6-5-17-3-2-4-18(17)10-19/h5-10,12-13,32H,2-4,11,14H2,1H3,(H2,27,34)(H,28,29,30). The molecule has 0 atom stereocenters. The maximum atomic E-state index is 12.9. The zero-order valence-corrected chi connectivity index (χ0v) is 19.2. The van der Waals surface area contributed by atoms with E-state index in [4.69, 9.17) is 10.5 Å². The summed E-state index contributed by atoms with van der Waals surface area (Å²) >= 11 is 0. The summed E-state index contributed by atoms with van der Waals surface area (Å²) in [7, 11) is 1.57. The monoisotopic (exact) mass is 471 g/mol. The van der Waals surface area contributed by atoms with Crippen LogP contribution in [0.1, 0.15) is 39.0 Å². The van der Waals surface area contributed by atoms with Gasteiger partial charge in [0.05, 0.1) is 19.1 Å². The van der Waals surface area contributed by atoms with Crippen LogP contribution in [0, 0.1) is 0 Å². The van der Waals surface area contributed by atoms with Crippen LogP contribution in [0.2, 0.25) is 0 Å². The molecule has 2 heterocycles. The number of ether oxygens (including phenoxy) is 1. The summed E-state index contributed by atoms with van der Waals surface area (Å²) in [5.74, 6) is 0.149. The van der Waals surface area contributed by atoms with Gasteiger partial charge in [-0.1, -0.05) is 12.1 Å². The summed E-state index contributed by atoms with van der Waals surface area (Å²) in [5.41, 5.74) is 10.2. The van der Waals surface area contributed by atoms with E-state index >= 15 is 0 Å². The van der Waals surface area contributed by atoms with Gasteiger partial charge in [0.2, 0.25) is 11.4 Å². The van der Waals surface area contributed by atoms with Gasteiger partial charge in [-0.25, -0.2) is 4.98 Å². The summed E-state index contributed by atoms with van der Waals surface area (Å²) in [6.07, 6.45) is 6.01. The third-order valence-corrected chi connectivity index (χ3v) is 6.26. The number of primary amides is 1. The molecule has 0 bridgehead atoms. The molecule has 1 aliphatic carbocycles. The average molecular weight is 472 g/mol. The molecule has 2 aromatic heterocycles. The van der Waals surface area contributed by atoms with Crippen molar-refractivity contribution in [3.05, 3.63) is 86.8 Å². The number of amides is 1. The first-order chi connectivity index (χ1) is 17.0. The minimum absolute atomic E-state index is 0.105. The molecule has 0 radical (unpaired) electrons. The molecule has 0 saturated carbocycles. The van der Waals surface area contributed by atoms with Crippen molar-refractivity contribution in [1.82, 2.24) is 14.5 Å². The van der Waals surface area contributed by atoms with Gasteiger partial charge in [0, 0.05) is 24.6 Å². The number of carbonyl (C=O) groups is 1. The average Bonchev–Trinajstić information content (AvgIpc) is 3.35. The number of methoxy groups -OCH3 is 1. The molecule has 35 heavy (non-hydrogen) atoms. The van der Waals surface area contributed by atoms with Gasteiger partial charge in [-0.3, -0.25) is 9.59 Å². The van der Waals surface area contributed by atoms with Crippen molar-refractivity contribution in [1.29, 1.82) is 0 Å². The smallest absolute Gasteiger partial charge is 0.254 e. The first kappa shape index (κ1) is 22.5.